The van der Waals surface area contributed by atoms with E-state index in [9.17, 15) is 0 Å². The number of nitrogens with one attached hydrogen (secondary N) is 1. The van der Waals surface area contributed by atoms with Gasteiger partial charge in [0.25, 0.3) is 0 Å². The fourth-order valence-electron chi connectivity index (χ4n) is 1.55. The molecule has 0 spiro atoms. The third-order valence-electron chi connectivity index (χ3n) is 2.45. The van der Waals surface area contributed by atoms with Crippen LogP contribution in [0.15, 0.2) is 65.6 Å². The van der Waals surface area contributed by atoms with Crippen molar-refractivity contribution in [3.05, 3.63) is 60.7 Å². The quantitative estimate of drug-likeness (QED) is 0.724. The monoisotopic (exact) mass is 285 g/mol. The van der Waals surface area contributed by atoms with E-state index in [1.54, 1.807) is 11.3 Å². The van der Waals surface area contributed by atoms with Gasteiger partial charge in [0.1, 0.15) is 5.01 Å². The molecule has 1 N–H and O–H groups in total. The minimum Gasteiger partial charge on any atom is -0.300 e. The second kappa shape index (κ2) is 5.86. The molecule has 5 heteroatoms. The topological polar surface area (TPSA) is 37.8 Å². The van der Waals surface area contributed by atoms with Gasteiger partial charge in [-0.2, -0.15) is 0 Å². The summed E-state index contributed by atoms with van der Waals surface area (Å²) >= 11 is 3.09. The average molecular weight is 285 g/mol. The lowest BCUT2D eigenvalue weighted by Crippen LogP contribution is -1.84. The van der Waals surface area contributed by atoms with Crippen LogP contribution >= 0.6 is 23.3 Å². The van der Waals surface area contributed by atoms with E-state index in [1.807, 2.05) is 48.5 Å². The van der Waals surface area contributed by atoms with Gasteiger partial charge >= 0.3 is 0 Å². The van der Waals surface area contributed by atoms with Crippen molar-refractivity contribution in [1.82, 2.24) is 10.2 Å². The number of rotatable bonds is 4. The molecule has 0 saturated carbocycles. The van der Waals surface area contributed by atoms with E-state index in [-0.39, 0.29) is 0 Å². The van der Waals surface area contributed by atoms with Crippen molar-refractivity contribution < 1.29 is 0 Å². The Morgan fingerprint density at radius 1 is 0.842 bits per heavy atom. The molecule has 0 bridgehead atoms. The number of anilines is 1. The molecule has 2 aromatic carbocycles. The lowest BCUT2D eigenvalue weighted by Gasteiger charge is -1.99. The van der Waals surface area contributed by atoms with Crippen LogP contribution in [-0.4, -0.2) is 10.2 Å². The van der Waals surface area contributed by atoms with Crippen molar-refractivity contribution in [2.75, 3.05) is 4.72 Å². The molecule has 0 unspecified atom stereocenters. The third kappa shape index (κ3) is 3.13. The van der Waals surface area contributed by atoms with Crippen molar-refractivity contribution in [3.8, 4) is 10.6 Å². The summed E-state index contributed by atoms with van der Waals surface area (Å²) in [4.78, 5) is 1.15. The molecule has 0 amide bonds. The predicted molar refractivity (Wildman–Crippen MR) is 81.3 cm³/mol. The standard InChI is InChI=1S/C14H11N3S2/c1-3-7-11(8-4-1)13-15-16-14(18-13)17-19-12-9-5-2-6-10-12/h1-10H,(H,16,17). The van der Waals surface area contributed by atoms with Crippen LogP contribution in [0.2, 0.25) is 0 Å². The second-order valence-corrected chi connectivity index (χ2v) is 5.65. The molecular weight excluding hydrogens is 274 g/mol. The van der Waals surface area contributed by atoms with Gasteiger partial charge in [0.2, 0.25) is 5.13 Å². The molecule has 3 rings (SSSR count). The zero-order valence-corrected chi connectivity index (χ0v) is 11.6. The van der Waals surface area contributed by atoms with Crippen LogP contribution < -0.4 is 4.72 Å². The highest BCUT2D eigenvalue weighted by molar-refractivity contribution is 8.00. The van der Waals surface area contributed by atoms with Gasteiger partial charge in [0.05, 0.1) is 0 Å². The zero-order valence-electron chi connectivity index (χ0n) is 9.98. The predicted octanol–water partition coefficient (Wildman–Crippen LogP) is 4.32. The number of benzene rings is 2. The van der Waals surface area contributed by atoms with Crippen LogP contribution in [0, 0.1) is 0 Å². The van der Waals surface area contributed by atoms with Gasteiger partial charge in [-0.3, -0.25) is 0 Å². The zero-order chi connectivity index (χ0) is 12.9. The lowest BCUT2D eigenvalue weighted by molar-refractivity contribution is 1.10. The van der Waals surface area contributed by atoms with E-state index in [4.69, 9.17) is 0 Å². The van der Waals surface area contributed by atoms with Crippen LogP contribution in [0.5, 0.6) is 0 Å². The average Bonchev–Trinajstić information content (AvgIpc) is 2.96. The Morgan fingerprint density at radius 3 is 2.26 bits per heavy atom. The van der Waals surface area contributed by atoms with Crippen molar-refractivity contribution in [1.29, 1.82) is 0 Å². The maximum Gasteiger partial charge on any atom is 0.216 e. The second-order valence-electron chi connectivity index (χ2n) is 3.80. The van der Waals surface area contributed by atoms with Crippen molar-refractivity contribution in [3.63, 3.8) is 0 Å². The van der Waals surface area contributed by atoms with Crippen molar-refractivity contribution in [2.45, 2.75) is 4.90 Å². The molecule has 94 valence electrons. The molecule has 0 aliphatic rings. The Labute approximate surface area is 119 Å². The summed E-state index contributed by atoms with van der Waals surface area (Å²) in [7, 11) is 0. The van der Waals surface area contributed by atoms with Gasteiger partial charge in [-0.05, 0) is 24.1 Å². The maximum atomic E-state index is 4.19. The highest BCUT2D eigenvalue weighted by atomic mass is 32.2. The van der Waals surface area contributed by atoms with E-state index in [0.29, 0.717) is 0 Å². The smallest absolute Gasteiger partial charge is 0.216 e. The summed E-state index contributed by atoms with van der Waals surface area (Å²) in [5, 5.41) is 10.1. The van der Waals surface area contributed by atoms with E-state index in [0.717, 1.165) is 20.6 Å². The maximum absolute atomic E-state index is 4.19. The molecule has 19 heavy (non-hydrogen) atoms. The minimum atomic E-state index is 0.813. The summed E-state index contributed by atoms with van der Waals surface area (Å²) in [6.07, 6.45) is 0. The third-order valence-corrected chi connectivity index (χ3v) is 4.27. The Kier molecular flexibility index (Phi) is 3.76. The number of hydrogen-bond acceptors (Lipinski definition) is 5. The summed E-state index contributed by atoms with van der Waals surface area (Å²) < 4.78 is 3.21. The van der Waals surface area contributed by atoms with Crippen LogP contribution in [0.1, 0.15) is 0 Å². The van der Waals surface area contributed by atoms with E-state index < -0.39 is 0 Å². The number of nitrogens with zero attached hydrogens (tertiary/aromatic N) is 2. The van der Waals surface area contributed by atoms with E-state index >= 15 is 0 Å². The molecule has 0 atom stereocenters. The Hall–Kier alpha value is -1.85. The Bertz CT molecular complexity index is 638. The summed E-state index contributed by atoms with van der Waals surface area (Å²) in [6, 6.07) is 20.2. The van der Waals surface area contributed by atoms with Gasteiger partial charge in [0, 0.05) is 10.5 Å². The fourth-order valence-corrected chi connectivity index (χ4v) is 2.98. The lowest BCUT2D eigenvalue weighted by atomic mass is 10.2. The first kappa shape index (κ1) is 12.2. The minimum absolute atomic E-state index is 0.813. The first-order valence-electron chi connectivity index (χ1n) is 5.79. The van der Waals surface area contributed by atoms with Crippen LogP contribution in [0.4, 0.5) is 5.13 Å². The summed E-state index contributed by atoms with van der Waals surface area (Å²) in [5.41, 5.74) is 1.10. The number of aromatic nitrogens is 2. The molecule has 0 fully saturated rings. The first-order valence-corrected chi connectivity index (χ1v) is 7.42. The molecule has 3 nitrogen and oxygen atoms in total. The van der Waals surface area contributed by atoms with E-state index in [2.05, 4.69) is 27.1 Å². The van der Waals surface area contributed by atoms with Crippen LogP contribution in [0.3, 0.4) is 0 Å². The van der Waals surface area contributed by atoms with Gasteiger partial charge < -0.3 is 4.72 Å². The van der Waals surface area contributed by atoms with Gasteiger partial charge in [0.15, 0.2) is 0 Å². The van der Waals surface area contributed by atoms with Crippen LogP contribution in [-0.2, 0) is 0 Å². The molecule has 0 aliphatic carbocycles. The summed E-state index contributed by atoms with van der Waals surface area (Å²) in [6.45, 7) is 0. The van der Waals surface area contributed by atoms with Crippen LogP contribution in [0.25, 0.3) is 10.6 Å². The molecule has 0 saturated heterocycles. The fraction of sp³-hybridized carbons (Fsp3) is 0. The van der Waals surface area contributed by atoms with Crippen molar-refractivity contribution in [2.24, 2.45) is 0 Å². The van der Waals surface area contributed by atoms with Gasteiger partial charge in [-0.15, -0.1) is 10.2 Å². The van der Waals surface area contributed by atoms with Crippen molar-refractivity contribution >= 4 is 28.4 Å². The molecule has 1 heterocycles. The summed E-state index contributed by atoms with van der Waals surface area (Å²) in [5.74, 6) is 0. The normalized spacial score (nSPS) is 10.3. The highest BCUT2D eigenvalue weighted by Gasteiger charge is 2.05. The Balaban J connectivity index is 1.69. The molecular formula is C14H11N3S2. The SMILES string of the molecule is c1ccc(SNc2nnc(-c3ccccc3)s2)cc1. The van der Waals surface area contributed by atoms with Gasteiger partial charge in [-0.25, -0.2) is 0 Å². The molecule has 3 aromatic rings. The van der Waals surface area contributed by atoms with Gasteiger partial charge in [-0.1, -0.05) is 59.9 Å². The highest BCUT2D eigenvalue weighted by Crippen LogP contribution is 2.28. The number of hydrogen-bond donors (Lipinski definition) is 1. The molecule has 1 aromatic heterocycles. The van der Waals surface area contributed by atoms with E-state index in [1.165, 1.54) is 11.9 Å². The molecule has 0 aliphatic heterocycles. The largest absolute Gasteiger partial charge is 0.300 e. The Morgan fingerprint density at radius 2 is 1.53 bits per heavy atom. The molecule has 0 radical (unpaired) electrons. The first-order chi connectivity index (χ1) is 9.42.